The lowest BCUT2D eigenvalue weighted by Crippen LogP contribution is -2.33. The molecule has 2 nitrogen and oxygen atoms in total. The van der Waals surface area contributed by atoms with Crippen LogP contribution in [0.1, 0.15) is 13.8 Å². The van der Waals surface area contributed by atoms with Crippen LogP contribution in [0.3, 0.4) is 0 Å². The van der Waals surface area contributed by atoms with Gasteiger partial charge in [-0.15, -0.1) is 0 Å². The third-order valence-corrected chi connectivity index (χ3v) is 2.26. The van der Waals surface area contributed by atoms with Crippen molar-refractivity contribution in [1.82, 2.24) is 5.32 Å². The van der Waals surface area contributed by atoms with E-state index in [9.17, 15) is 4.39 Å². The fraction of sp³-hybridized carbons (Fsp3) is 0.500. The number of ether oxygens (including phenoxy) is 1. The zero-order chi connectivity index (χ0) is 11.3. The first-order chi connectivity index (χ1) is 7.15. The van der Waals surface area contributed by atoms with Gasteiger partial charge in [-0.3, -0.25) is 0 Å². The summed E-state index contributed by atoms with van der Waals surface area (Å²) in [6.07, 6.45) is -0.00750. The maximum Gasteiger partial charge on any atom is 0.165 e. The summed E-state index contributed by atoms with van der Waals surface area (Å²) < 4.78 is 18.9. The maximum atomic E-state index is 13.3. The second-order valence-corrected chi connectivity index (χ2v) is 3.89. The largest absolute Gasteiger partial charge is 0.486 e. The highest BCUT2D eigenvalue weighted by molar-refractivity contribution is 5.23. The Kier molecular flexibility index (Phi) is 4.56. The Morgan fingerprint density at radius 1 is 1.33 bits per heavy atom. The number of hydrogen-bond acceptors (Lipinski definition) is 2. The minimum Gasteiger partial charge on any atom is -0.486 e. The summed E-state index contributed by atoms with van der Waals surface area (Å²) in [5, 5.41) is 3.04. The van der Waals surface area contributed by atoms with Crippen molar-refractivity contribution in [1.29, 1.82) is 0 Å². The van der Waals surface area contributed by atoms with Crippen molar-refractivity contribution in [2.75, 3.05) is 13.6 Å². The summed E-state index contributed by atoms with van der Waals surface area (Å²) in [6.45, 7) is 4.83. The van der Waals surface area contributed by atoms with Crippen molar-refractivity contribution >= 4 is 0 Å². The minimum atomic E-state index is -0.306. The number of halogens is 1. The summed E-state index contributed by atoms with van der Waals surface area (Å²) >= 11 is 0. The Labute approximate surface area is 90.4 Å². The normalized spacial score (nSPS) is 12.9. The Morgan fingerprint density at radius 2 is 2.00 bits per heavy atom. The lowest BCUT2D eigenvalue weighted by molar-refractivity contribution is 0.145. The van der Waals surface area contributed by atoms with Crippen LogP contribution >= 0.6 is 0 Å². The van der Waals surface area contributed by atoms with Crippen molar-refractivity contribution in [3.05, 3.63) is 30.1 Å². The summed E-state index contributed by atoms with van der Waals surface area (Å²) in [7, 11) is 1.86. The molecule has 0 saturated heterocycles. The first-order valence-electron chi connectivity index (χ1n) is 5.21. The number of rotatable bonds is 5. The highest BCUT2D eigenvalue weighted by Crippen LogP contribution is 2.19. The van der Waals surface area contributed by atoms with E-state index in [0.717, 1.165) is 0 Å². The van der Waals surface area contributed by atoms with Gasteiger partial charge < -0.3 is 10.1 Å². The molecule has 0 fully saturated rings. The highest BCUT2D eigenvalue weighted by atomic mass is 19.1. The summed E-state index contributed by atoms with van der Waals surface area (Å²) in [6, 6.07) is 6.49. The van der Waals surface area contributed by atoms with Crippen molar-refractivity contribution in [3.63, 3.8) is 0 Å². The molecular formula is C12H18FNO. The number of hydrogen-bond donors (Lipinski definition) is 1. The topological polar surface area (TPSA) is 21.3 Å². The molecule has 3 heteroatoms. The van der Waals surface area contributed by atoms with E-state index in [1.54, 1.807) is 18.2 Å². The predicted molar refractivity (Wildman–Crippen MR) is 59.6 cm³/mol. The van der Waals surface area contributed by atoms with Crippen LogP contribution in [-0.4, -0.2) is 19.7 Å². The molecule has 0 spiro atoms. The van der Waals surface area contributed by atoms with Gasteiger partial charge in [0.05, 0.1) is 0 Å². The van der Waals surface area contributed by atoms with Crippen LogP contribution in [0.15, 0.2) is 24.3 Å². The van der Waals surface area contributed by atoms with E-state index in [-0.39, 0.29) is 11.9 Å². The fourth-order valence-corrected chi connectivity index (χ4v) is 1.32. The standard InChI is InChI=1S/C12H18FNO/c1-9(2)12(8-14-3)15-11-7-5-4-6-10(11)13/h4-7,9,12,14H,8H2,1-3H3. The molecular weight excluding hydrogens is 193 g/mol. The first-order valence-corrected chi connectivity index (χ1v) is 5.21. The quantitative estimate of drug-likeness (QED) is 0.807. The van der Waals surface area contributed by atoms with Gasteiger partial charge in [0.1, 0.15) is 6.10 Å². The lowest BCUT2D eigenvalue weighted by Gasteiger charge is -2.22. The predicted octanol–water partition coefficient (Wildman–Crippen LogP) is 2.45. The molecule has 1 aromatic rings. The van der Waals surface area contributed by atoms with Gasteiger partial charge in [0.25, 0.3) is 0 Å². The minimum absolute atomic E-state index is 0.00750. The number of benzene rings is 1. The van der Waals surface area contributed by atoms with Crippen LogP contribution in [0.5, 0.6) is 5.75 Å². The van der Waals surface area contributed by atoms with E-state index in [1.165, 1.54) is 6.07 Å². The molecule has 1 aromatic carbocycles. The molecule has 0 aliphatic heterocycles. The van der Waals surface area contributed by atoms with Crippen LogP contribution < -0.4 is 10.1 Å². The molecule has 0 radical (unpaired) electrons. The molecule has 1 atom stereocenters. The van der Waals surface area contributed by atoms with Gasteiger partial charge in [-0.1, -0.05) is 26.0 Å². The molecule has 1 unspecified atom stereocenters. The molecule has 0 aromatic heterocycles. The van der Waals surface area contributed by atoms with Crippen LogP contribution in [0.4, 0.5) is 4.39 Å². The van der Waals surface area contributed by atoms with E-state index in [2.05, 4.69) is 19.2 Å². The van der Waals surface area contributed by atoms with Gasteiger partial charge >= 0.3 is 0 Å². The molecule has 0 aliphatic carbocycles. The van der Waals surface area contributed by atoms with Crippen LogP contribution in [-0.2, 0) is 0 Å². The maximum absolute atomic E-state index is 13.3. The highest BCUT2D eigenvalue weighted by Gasteiger charge is 2.15. The van der Waals surface area contributed by atoms with Gasteiger partial charge in [-0.2, -0.15) is 0 Å². The average molecular weight is 211 g/mol. The van der Waals surface area contributed by atoms with Crippen LogP contribution in [0.2, 0.25) is 0 Å². The smallest absolute Gasteiger partial charge is 0.165 e. The second-order valence-electron chi connectivity index (χ2n) is 3.89. The number of nitrogens with one attached hydrogen (secondary N) is 1. The van der Waals surface area contributed by atoms with Gasteiger partial charge in [0.2, 0.25) is 0 Å². The molecule has 84 valence electrons. The second kappa shape index (κ2) is 5.71. The van der Waals surface area contributed by atoms with Crippen LogP contribution in [0.25, 0.3) is 0 Å². The van der Waals surface area contributed by atoms with Crippen molar-refractivity contribution in [3.8, 4) is 5.75 Å². The summed E-state index contributed by atoms with van der Waals surface area (Å²) in [4.78, 5) is 0. The Balaban J connectivity index is 2.69. The van der Waals surface area contributed by atoms with E-state index in [1.807, 2.05) is 7.05 Å². The molecule has 0 bridgehead atoms. The van der Waals surface area contributed by atoms with E-state index < -0.39 is 0 Å². The molecule has 0 saturated carbocycles. The third kappa shape index (κ3) is 3.51. The zero-order valence-electron chi connectivity index (χ0n) is 9.46. The van der Waals surface area contributed by atoms with Gasteiger partial charge in [0, 0.05) is 6.54 Å². The van der Waals surface area contributed by atoms with Crippen molar-refractivity contribution < 1.29 is 9.13 Å². The van der Waals surface area contributed by atoms with Crippen LogP contribution in [0, 0.1) is 11.7 Å². The molecule has 0 amide bonds. The van der Waals surface area contributed by atoms with Gasteiger partial charge in [0.15, 0.2) is 11.6 Å². The average Bonchev–Trinajstić information content (AvgIpc) is 2.20. The van der Waals surface area contributed by atoms with E-state index in [0.29, 0.717) is 18.2 Å². The molecule has 1 rings (SSSR count). The summed E-state index contributed by atoms with van der Waals surface area (Å²) in [5.41, 5.74) is 0. The fourth-order valence-electron chi connectivity index (χ4n) is 1.32. The van der Waals surface area contributed by atoms with Crippen molar-refractivity contribution in [2.24, 2.45) is 5.92 Å². The molecule has 0 aliphatic rings. The molecule has 15 heavy (non-hydrogen) atoms. The van der Waals surface area contributed by atoms with Crippen molar-refractivity contribution in [2.45, 2.75) is 20.0 Å². The Morgan fingerprint density at radius 3 is 2.53 bits per heavy atom. The number of para-hydroxylation sites is 1. The number of likely N-dealkylation sites (N-methyl/N-ethyl adjacent to an activating group) is 1. The van der Waals surface area contributed by atoms with Gasteiger partial charge in [-0.05, 0) is 25.1 Å². The summed E-state index contributed by atoms with van der Waals surface area (Å²) in [5.74, 6) is 0.364. The van der Waals surface area contributed by atoms with E-state index >= 15 is 0 Å². The zero-order valence-corrected chi connectivity index (χ0v) is 9.46. The third-order valence-electron chi connectivity index (χ3n) is 2.26. The first kappa shape index (κ1) is 12.0. The SMILES string of the molecule is CNCC(Oc1ccccc1F)C(C)C. The Hall–Kier alpha value is -1.09. The van der Waals surface area contributed by atoms with Gasteiger partial charge in [-0.25, -0.2) is 4.39 Å². The monoisotopic (exact) mass is 211 g/mol. The molecule has 0 heterocycles. The van der Waals surface area contributed by atoms with E-state index in [4.69, 9.17) is 4.74 Å². The lowest BCUT2D eigenvalue weighted by atomic mass is 10.1. The molecule has 1 N–H and O–H groups in total. The Bertz CT molecular complexity index is 301.